The topological polar surface area (TPSA) is 70.8 Å². The van der Waals surface area contributed by atoms with Crippen LogP contribution in [-0.4, -0.2) is 35.0 Å². The van der Waals surface area contributed by atoms with Crippen LogP contribution >= 0.6 is 0 Å². The Hall–Kier alpha value is -2.04. The van der Waals surface area contributed by atoms with Crippen LogP contribution in [0.2, 0.25) is 0 Å². The van der Waals surface area contributed by atoms with Crippen molar-refractivity contribution >= 4 is 18.0 Å². The molecular weight excluding hydrogens is 270 g/mol. The molecule has 0 radical (unpaired) electrons. The third kappa shape index (κ3) is 3.01. The Kier molecular flexibility index (Phi) is 3.57. The molecule has 1 amide bonds. The van der Waals surface area contributed by atoms with Crippen molar-refractivity contribution in [2.75, 3.05) is 13.1 Å². The van der Waals surface area contributed by atoms with E-state index >= 15 is 0 Å². The second-order valence-electron chi connectivity index (χ2n) is 6.00. The fourth-order valence-electron chi connectivity index (χ4n) is 2.80. The maximum atomic E-state index is 12.0. The number of carbonyl (C=O) groups excluding carboxylic acids is 1. The third-order valence-corrected chi connectivity index (χ3v) is 4.36. The van der Waals surface area contributed by atoms with E-state index in [2.05, 4.69) is 6.92 Å². The van der Waals surface area contributed by atoms with E-state index in [0.717, 1.165) is 5.76 Å². The lowest BCUT2D eigenvalue weighted by Crippen LogP contribution is -2.28. The number of hydrogen-bond donors (Lipinski definition) is 1. The highest BCUT2D eigenvalue weighted by Gasteiger charge is 2.36. The molecule has 2 fully saturated rings. The minimum Gasteiger partial charge on any atom is -0.481 e. The summed E-state index contributed by atoms with van der Waals surface area (Å²) in [4.78, 5) is 24.4. The van der Waals surface area contributed by atoms with E-state index in [1.165, 1.54) is 12.5 Å². The number of likely N-dealkylation sites (tertiary alicyclic amines) is 1. The second kappa shape index (κ2) is 5.39. The zero-order valence-corrected chi connectivity index (χ0v) is 12.0. The van der Waals surface area contributed by atoms with Gasteiger partial charge in [0.05, 0.1) is 5.92 Å². The number of rotatable bonds is 4. The van der Waals surface area contributed by atoms with Crippen molar-refractivity contribution in [3.63, 3.8) is 0 Å². The van der Waals surface area contributed by atoms with Crippen molar-refractivity contribution in [3.8, 4) is 0 Å². The lowest BCUT2D eigenvalue weighted by Gasteiger charge is -2.12. The van der Waals surface area contributed by atoms with E-state index in [9.17, 15) is 9.59 Å². The fourth-order valence-corrected chi connectivity index (χ4v) is 2.80. The number of amides is 1. The van der Waals surface area contributed by atoms with E-state index in [0.29, 0.717) is 37.1 Å². The van der Waals surface area contributed by atoms with Crippen LogP contribution in [0.25, 0.3) is 6.08 Å². The smallest absolute Gasteiger partial charge is 0.308 e. The third-order valence-electron chi connectivity index (χ3n) is 4.36. The van der Waals surface area contributed by atoms with E-state index in [1.807, 2.05) is 12.1 Å². The summed E-state index contributed by atoms with van der Waals surface area (Å²) < 4.78 is 5.70. The number of nitrogens with zero attached hydrogens (tertiary/aromatic N) is 1. The largest absolute Gasteiger partial charge is 0.481 e. The molecular formula is C16H19NO4. The summed E-state index contributed by atoms with van der Waals surface area (Å²) >= 11 is 0. The summed E-state index contributed by atoms with van der Waals surface area (Å²) in [7, 11) is 0. The number of carboxylic acid groups (broad SMARTS) is 1. The maximum Gasteiger partial charge on any atom is 0.308 e. The van der Waals surface area contributed by atoms with Crippen molar-refractivity contribution in [2.24, 2.45) is 11.8 Å². The van der Waals surface area contributed by atoms with Crippen LogP contribution in [0.5, 0.6) is 0 Å². The summed E-state index contributed by atoms with van der Waals surface area (Å²) in [6.07, 6.45) is 4.81. The molecule has 5 heteroatoms. The molecule has 21 heavy (non-hydrogen) atoms. The molecule has 3 rings (SSSR count). The van der Waals surface area contributed by atoms with E-state index in [4.69, 9.17) is 9.52 Å². The first-order valence-electron chi connectivity index (χ1n) is 7.34. The highest BCUT2D eigenvalue weighted by atomic mass is 16.4. The van der Waals surface area contributed by atoms with E-state index in [1.54, 1.807) is 11.0 Å². The first-order chi connectivity index (χ1) is 10.0. The molecule has 5 nitrogen and oxygen atoms in total. The molecule has 2 aliphatic rings. The van der Waals surface area contributed by atoms with Crippen LogP contribution in [0.1, 0.15) is 37.2 Å². The van der Waals surface area contributed by atoms with Gasteiger partial charge in [-0.1, -0.05) is 6.92 Å². The molecule has 2 heterocycles. The van der Waals surface area contributed by atoms with Crippen LogP contribution in [0.4, 0.5) is 0 Å². The summed E-state index contributed by atoms with van der Waals surface area (Å²) in [6, 6.07) is 3.84. The van der Waals surface area contributed by atoms with Gasteiger partial charge in [0, 0.05) is 25.1 Å². The molecule has 1 N–H and O–H groups in total. The van der Waals surface area contributed by atoms with Crippen molar-refractivity contribution in [1.29, 1.82) is 0 Å². The first-order valence-corrected chi connectivity index (χ1v) is 7.34. The molecule has 0 unspecified atom stereocenters. The SMILES string of the molecule is C[C@@H]1C[C@@H]1c1ccc(/C=C/C(=O)N2CC[C@H](C(=O)O)C2)o1. The average Bonchev–Trinajstić information content (AvgIpc) is 2.90. The highest BCUT2D eigenvalue weighted by molar-refractivity contribution is 5.92. The Balaban J connectivity index is 1.57. The van der Waals surface area contributed by atoms with Gasteiger partial charge in [0.15, 0.2) is 0 Å². The van der Waals surface area contributed by atoms with Gasteiger partial charge in [-0.3, -0.25) is 9.59 Å². The number of carbonyl (C=O) groups is 2. The van der Waals surface area contributed by atoms with Crippen molar-refractivity contribution in [3.05, 3.63) is 29.7 Å². The number of furan rings is 1. The molecule has 1 aliphatic carbocycles. The summed E-state index contributed by atoms with van der Waals surface area (Å²) in [5, 5.41) is 8.93. The van der Waals surface area contributed by atoms with Gasteiger partial charge in [-0.15, -0.1) is 0 Å². The van der Waals surface area contributed by atoms with Gasteiger partial charge in [-0.05, 0) is 37.0 Å². The van der Waals surface area contributed by atoms with Crippen LogP contribution < -0.4 is 0 Å². The van der Waals surface area contributed by atoms with Crippen LogP contribution in [0.15, 0.2) is 22.6 Å². The maximum absolute atomic E-state index is 12.0. The van der Waals surface area contributed by atoms with Gasteiger partial charge in [0.25, 0.3) is 0 Å². The standard InChI is InChI=1S/C16H19NO4/c1-10-8-13(10)14-4-2-12(21-14)3-5-15(18)17-7-6-11(9-17)16(19)20/h2-5,10-11,13H,6-9H2,1H3,(H,19,20)/b5-3+/t10-,11+,13+/m1/s1. The van der Waals surface area contributed by atoms with Gasteiger partial charge in [-0.25, -0.2) is 0 Å². The van der Waals surface area contributed by atoms with Gasteiger partial charge in [0.1, 0.15) is 11.5 Å². The molecule has 112 valence electrons. The lowest BCUT2D eigenvalue weighted by molar-refractivity contribution is -0.141. The molecule has 1 saturated carbocycles. The molecule has 0 bridgehead atoms. The van der Waals surface area contributed by atoms with Gasteiger partial charge in [0.2, 0.25) is 5.91 Å². The Morgan fingerprint density at radius 2 is 2.19 bits per heavy atom. The van der Waals surface area contributed by atoms with Crippen molar-refractivity contribution in [1.82, 2.24) is 4.90 Å². The highest BCUT2D eigenvalue weighted by Crippen LogP contribution is 2.47. The molecule has 1 aliphatic heterocycles. The quantitative estimate of drug-likeness (QED) is 0.864. The van der Waals surface area contributed by atoms with Crippen molar-refractivity contribution in [2.45, 2.75) is 25.7 Å². The number of aliphatic carboxylic acids is 1. The summed E-state index contributed by atoms with van der Waals surface area (Å²) in [5.74, 6) is 1.45. The van der Waals surface area contributed by atoms with Gasteiger partial charge >= 0.3 is 5.97 Å². The Bertz CT molecular complexity index is 589. The second-order valence-corrected chi connectivity index (χ2v) is 6.00. The van der Waals surface area contributed by atoms with Crippen LogP contribution in [0.3, 0.4) is 0 Å². The van der Waals surface area contributed by atoms with Crippen LogP contribution in [-0.2, 0) is 9.59 Å². The average molecular weight is 289 g/mol. The predicted molar refractivity (Wildman–Crippen MR) is 76.6 cm³/mol. The van der Waals surface area contributed by atoms with E-state index in [-0.39, 0.29) is 5.91 Å². The molecule has 3 atom stereocenters. The van der Waals surface area contributed by atoms with Gasteiger partial charge in [-0.2, -0.15) is 0 Å². The normalized spacial score (nSPS) is 28.2. The number of hydrogen-bond acceptors (Lipinski definition) is 3. The Morgan fingerprint density at radius 3 is 2.81 bits per heavy atom. The molecule has 0 spiro atoms. The fraction of sp³-hybridized carbons (Fsp3) is 0.500. The molecule has 1 aromatic rings. The Labute approximate surface area is 123 Å². The Morgan fingerprint density at radius 1 is 1.43 bits per heavy atom. The monoisotopic (exact) mass is 289 g/mol. The zero-order chi connectivity index (χ0) is 15.0. The molecule has 0 aromatic carbocycles. The summed E-state index contributed by atoms with van der Waals surface area (Å²) in [6.45, 7) is 2.99. The summed E-state index contributed by atoms with van der Waals surface area (Å²) in [5.41, 5.74) is 0. The van der Waals surface area contributed by atoms with Crippen molar-refractivity contribution < 1.29 is 19.1 Å². The number of carboxylic acids is 1. The first kappa shape index (κ1) is 13.9. The van der Waals surface area contributed by atoms with E-state index < -0.39 is 11.9 Å². The molecule has 1 aromatic heterocycles. The zero-order valence-electron chi connectivity index (χ0n) is 12.0. The minimum atomic E-state index is -0.830. The predicted octanol–water partition coefficient (Wildman–Crippen LogP) is 2.35. The lowest BCUT2D eigenvalue weighted by atomic mass is 10.1. The minimum absolute atomic E-state index is 0.156. The molecule has 1 saturated heterocycles. The van der Waals surface area contributed by atoms with Crippen LogP contribution in [0, 0.1) is 11.8 Å². The van der Waals surface area contributed by atoms with Gasteiger partial charge < -0.3 is 14.4 Å².